The molecular weight excluding hydrogens is 250 g/mol. The molecule has 0 saturated heterocycles. The number of nitrogens with two attached hydrogens (primary N) is 3. The van der Waals surface area contributed by atoms with E-state index in [9.17, 15) is 14.4 Å². The van der Waals surface area contributed by atoms with Crippen LogP contribution in [0.4, 0.5) is 0 Å². The minimum atomic E-state index is -1.00. The van der Waals surface area contributed by atoms with Crippen LogP contribution < -0.4 is 17.2 Å². The molecule has 0 aromatic carbocycles. The molecule has 0 rings (SSSR count). The second-order valence-corrected chi connectivity index (χ2v) is 3.43. The minimum Gasteiger partial charge on any atom is -0.481 e. The summed E-state index contributed by atoms with van der Waals surface area (Å²) in [6.45, 7) is 0. The highest BCUT2D eigenvalue weighted by atomic mass is 32.1. The van der Waals surface area contributed by atoms with E-state index in [1.807, 2.05) is 0 Å². The van der Waals surface area contributed by atoms with Crippen LogP contribution in [0.3, 0.4) is 0 Å². The van der Waals surface area contributed by atoms with Crippen molar-refractivity contribution in [2.75, 3.05) is 5.75 Å². The third kappa shape index (κ3) is 12.6. The maximum absolute atomic E-state index is 10.2. The Morgan fingerprint density at radius 2 is 1.59 bits per heavy atom. The quantitative estimate of drug-likeness (QED) is 0.302. The standard InChI is InChI=1S/C5H10N2O3.C3H7NO2S/c6-3(5(7)10)1-2-4(8)9;4-2(1-7)3(5)6/h3H,1-2,6H2,(H2,7,10)(H,8,9);2,7H,1,4H2,(H,5,6)/t3-;2-/m00/s1. The molecule has 0 spiro atoms. The first kappa shape index (κ1) is 18.1. The lowest BCUT2D eigenvalue weighted by molar-refractivity contribution is -0.138. The van der Waals surface area contributed by atoms with Crippen LogP contribution in [0.2, 0.25) is 0 Å². The van der Waals surface area contributed by atoms with Crippen LogP contribution in [0.1, 0.15) is 12.8 Å². The van der Waals surface area contributed by atoms with E-state index in [4.69, 9.17) is 27.4 Å². The van der Waals surface area contributed by atoms with Crippen LogP contribution >= 0.6 is 12.6 Å². The highest BCUT2D eigenvalue weighted by Crippen LogP contribution is 1.92. The van der Waals surface area contributed by atoms with Crippen LogP contribution in [-0.4, -0.2) is 45.9 Å². The van der Waals surface area contributed by atoms with Crippen molar-refractivity contribution in [2.45, 2.75) is 24.9 Å². The Bertz CT molecular complexity index is 274. The van der Waals surface area contributed by atoms with Gasteiger partial charge in [-0.05, 0) is 6.42 Å². The maximum atomic E-state index is 10.2. The number of hydrogen-bond donors (Lipinski definition) is 6. The molecule has 8 N–H and O–H groups in total. The van der Waals surface area contributed by atoms with Crippen molar-refractivity contribution < 1.29 is 24.6 Å². The summed E-state index contributed by atoms with van der Waals surface area (Å²) in [7, 11) is 0. The molecule has 17 heavy (non-hydrogen) atoms. The molecule has 0 aromatic rings. The number of rotatable bonds is 6. The van der Waals surface area contributed by atoms with E-state index >= 15 is 0 Å². The third-order valence-corrected chi connectivity index (χ3v) is 1.94. The minimum absolute atomic E-state index is 0.102. The Hall–Kier alpha value is -1.32. The highest BCUT2D eigenvalue weighted by Gasteiger charge is 2.10. The predicted molar refractivity (Wildman–Crippen MR) is 63.5 cm³/mol. The van der Waals surface area contributed by atoms with E-state index < -0.39 is 29.9 Å². The van der Waals surface area contributed by atoms with Gasteiger partial charge in [0.1, 0.15) is 6.04 Å². The molecule has 0 aromatic heterocycles. The molecular formula is C8H17N3O5S. The number of thiol groups is 1. The second kappa shape index (κ2) is 9.87. The van der Waals surface area contributed by atoms with Crippen LogP contribution in [0.5, 0.6) is 0 Å². The van der Waals surface area contributed by atoms with Crippen molar-refractivity contribution in [2.24, 2.45) is 17.2 Å². The fourth-order valence-electron chi connectivity index (χ4n) is 0.499. The lowest BCUT2D eigenvalue weighted by Crippen LogP contribution is -2.36. The number of primary amides is 1. The zero-order valence-electron chi connectivity index (χ0n) is 9.07. The first-order valence-corrected chi connectivity index (χ1v) is 5.21. The summed E-state index contributed by atoms with van der Waals surface area (Å²) in [5.41, 5.74) is 14.8. The van der Waals surface area contributed by atoms with Crippen molar-refractivity contribution in [3.8, 4) is 0 Å². The number of aliphatic carboxylic acids is 2. The van der Waals surface area contributed by atoms with E-state index in [0.717, 1.165) is 0 Å². The van der Waals surface area contributed by atoms with Gasteiger partial charge < -0.3 is 27.4 Å². The number of carbonyl (C=O) groups is 3. The van der Waals surface area contributed by atoms with Gasteiger partial charge in [0.2, 0.25) is 5.91 Å². The molecule has 8 nitrogen and oxygen atoms in total. The van der Waals surface area contributed by atoms with Crippen molar-refractivity contribution in [3.05, 3.63) is 0 Å². The van der Waals surface area contributed by atoms with Gasteiger partial charge in [-0.25, -0.2) is 0 Å². The van der Waals surface area contributed by atoms with Crippen molar-refractivity contribution >= 4 is 30.5 Å². The SMILES string of the molecule is NC(=O)[C@@H](N)CCC(=O)O.N[C@@H](CS)C(=O)O. The normalized spacial score (nSPS) is 12.9. The monoisotopic (exact) mass is 267 g/mol. The summed E-state index contributed by atoms with van der Waals surface area (Å²) in [4.78, 5) is 29.9. The summed E-state index contributed by atoms with van der Waals surface area (Å²) in [6, 6.07) is -1.65. The summed E-state index contributed by atoms with van der Waals surface area (Å²) in [5, 5.41) is 16.1. The van der Waals surface area contributed by atoms with Gasteiger partial charge in [-0.1, -0.05) is 0 Å². The second-order valence-electron chi connectivity index (χ2n) is 3.07. The van der Waals surface area contributed by atoms with Gasteiger partial charge in [0.15, 0.2) is 0 Å². The van der Waals surface area contributed by atoms with Gasteiger partial charge >= 0.3 is 11.9 Å². The van der Waals surface area contributed by atoms with E-state index in [1.54, 1.807) is 0 Å². The zero-order valence-corrected chi connectivity index (χ0v) is 9.97. The smallest absolute Gasteiger partial charge is 0.321 e. The number of carbonyl (C=O) groups excluding carboxylic acids is 1. The molecule has 1 amide bonds. The van der Waals surface area contributed by atoms with Crippen molar-refractivity contribution in [3.63, 3.8) is 0 Å². The van der Waals surface area contributed by atoms with Crippen LogP contribution in [0, 0.1) is 0 Å². The molecule has 0 aliphatic carbocycles. The molecule has 0 unspecified atom stereocenters. The Morgan fingerprint density at radius 3 is 1.76 bits per heavy atom. The molecule has 0 heterocycles. The van der Waals surface area contributed by atoms with E-state index in [1.165, 1.54) is 0 Å². The summed E-state index contributed by atoms with van der Waals surface area (Å²) < 4.78 is 0. The van der Waals surface area contributed by atoms with Crippen LogP contribution in [0.15, 0.2) is 0 Å². The van der Waals surface area contributed by atoms with Gasteiger partial charge in [-0.3, -0.25) is 14.4 Å². The van der Waals surface area contributed by atoms with Gasteiger partial charge in [0.05, 0.1) is 6.04 Å². The van der Waals surface area contributed by atoms with Crippen LogP contribution in [0.25, 0.3) is 0 Å². The molecule has 100 valence electrons. The molecule has 0 aliphatic heterocycles. The van der Waals surface area contributed by atoms with E-state index in [0.29, 0.717) is 0 Å². The Kier molecular flexibility index (Phi) is 10.5. The summed E-state index contributed by atoms with van der Waals surface area (Å²) in [5.74, 6) is -2.46. The van der Waals surface area contributed by atoms with Crippen molar-refractivity contribution in [1.29, 1.82) is 0 Å². The average Bonchev–Trinajstić information content (AvgIpc) is 2.24. The Balaban J connectivity index is 0. The predicted octanol–water partition coefficient (Wildman–Crippen LogP) is -2.01. The van der Waals surface area contributed by atoms with E-state index in [2.05, 4.69) is 12.6 Å². The topological polar surface area (TPSA) is 170 Å². The molecule has 2 atom stereocenters. The molecule has 0 saturated carbocycles. The molecule has 0 radical (unpaired) electrons. The van der Waals surface area contributed by atoms with Gasteiger partial charge in [-0.15, -0.1) is 0 Å². The first-order valence-electron chi connectivity index (χ1n) is 4.58. The number of carboxylic acid groups (broad SMARTS) is 2. The Morgan fingerprint density at radius 1 is 1.12 bits per heavy atom. The lowest BCUT2D eigenvalue weighted by Gasteiger charge is -2.02. The van der Waals surface area contributed by atoms with Gasteiger partial charge in [-0.2, -0.15) is 12.6 Å². The number of amides is 1. The molecule has 9 heteroatoms. The zero-order chi connectivity index (χ0) is 14.0. The van der Waals surface area contributed by atoms with Crippen molar-refractivity contribution in [1.82, 2.24) is 0 Å². The summed E-state index contributed by atoms with van der Waals surface area (Å²) in [6.07, 6.45) is -0.0191. The molecule has 0 bridgehead atoms. The maximum Gasteiger partial charge on any atom is 0.321 e. The average molecular weight is 267 g/mol. The lowest BCUT2D eigenvalue weighted by atomic mass is 10.1. The molecule has 0 fully saturated rings. The highest BCUT2D eigenvalue weighted by molar-refractivity contribution is 7.80. The fraction of sp³-hybridized carbons (Fsp3) is 0.625. The number of carboxylic acids is 2. The molecule has 0 aliphatic rings. The summed E-state index contributed by atoms with van der Waals surface area (Å²) >= 11 is 3.65. The van der Waals surface area contributed by atoms with Crippen LogP contribution in [-0.2, 0) is 14.4 Å². The number of hydrogen-bond acceptors (Lipinski definition) is 6. The Labute approximate surface area is 104 Å². The van der Waals surface area contributed by atoms with Gasteiger partial charge in [0.25, 0.3) is 0 Å². The largest absolute Gasteiger partial charge is 0.481 e. The first-order chi connectivity index (χ1) is 7.72. The third-order valence-electron chi connectivity index (χ3n) is 1.55. The van der Waals surface area contributed by atoms with Gasteiger partial charge in [0, 0.05) is 12.2 Å². The van der Waals surface area contributed by atoms with E-state index in [-0.39, 0.29) is 18.6 Å². The fourth-order valence-corrected chi connectivity index (χ4v) is 0.656.